The molecule has 0 saturated heterocycles. The molecule has 0 spiro atoms. The van der Waals surface area contributed by atoms with Gasteiger partial charge in [0.15, 0.2) is 34.6 Å². The van der Waals surface area contributed by atoms with Gasteiger partial charge in [0.05, 0.1) is 49.7 Å². The number of rotatable bonds is 10. The third-order valence-corrected chi connectivity index (χ3v) is 8.84. The molecule has 0 bridgehead atoms. The second-order valence-electron chi connectivity index (χ2n) is 12.3. The summed E-state index contributed by atoms with van der Waals surface area (Å²) < 4.78 is 15.3. The fraction of sp³-hybridized carbons (Fsp3) is 0.303. The van der Waals surface area contributed by atoms with Crippen molar-refractivity contribution in [1.29, 1.82) is 0 Å². The number of aryl methyl sites for hydroxylation is 2. The number of nitrogens with two attached hydrogens (primary N) is 2. The summed E-state index contributed by atoms with van der Waals surface area (Å²) in [6.45, 7) is 3.27. The lowest BCUT2D eigenvalue weighted by Crippen LogP contribution is -2.14. The number of para-hydroxylation sites is 1. The van der Waals surface area contributed by atoms with Crippen LogP contribution in [0.25, 0.3) is 17.6 Å². The number of aromatic hydroxyl groups is 1. The summed E-state index contributed by atoms with van der Waals surface area (Å²) in [6.07, 6.45) is 7.70. The van der Waals surface area contributed by atoms with Crippen LogP contribution in [0.3, 0.4) is 0 Å². The van der Waals surface area contributed by atoms with Crippen LogP contribution in [0.15, 0.2) is 63.2 Å². The zero-order valence-electron chi connectivity index (χ0n) is 30.1. The standard InChI is InChI=1S/C33H35N17O5/c1-17-23(41-43-27-21(29(51)54-3)15-36-47(27)19-11-7-5-8-12-19)25(34)49(45-17)31-38-32(40-33(53)39-31)50-26(35)24(18(2)46-50)42-44-28-22(30(52)55-4)16-37-48(28)20-13-9-6-10-14-20/h5,7-8,11-12,15-16,20H,6,9-10,13-14,34-35H2,1-4H3,(H,38,39,40,53)/b43-41+,44-42+. The zero-order chi connectivity index (χ0) is 38.8. The van der Waals surface area contributed by atoms with Crippen molar-refractivity contribution in [3.05, 3.63) is 65.2 Å². The summed E-state index contributed by atoms with van der Waals surface area (Å²) in [6, 6.07) is 8.36. The van der Waals surface area contributed by atoms with E-state index in [9.17, 15) is 14.7 Å². The summed E-state index contributed by atoms with van der Waals surface area (Å²) in [5.41, 5.74) is 14.7. The number of benzene rings is 1. The second-order valence-corrected chi connectivity index (χ2v) is 12.3. The number of azo groups is 2. The summed E-state index contributed by atoms with van der Waals surface area (Å²) in [5.74, 6) is -1.45. The predicted octanol–water partition coefficient (Wildman–Crippen LogP) is 5.02. The van der Waals surface area contributed by atoms with Crippen molar-refractivity contribution < 1.29 is 24.2 Å². The molecular weight excluding hydrogens is 714 g/mol. The number of esters is 2. The first-order valence-electron chi connectivity index (χ1n) is 17.0. The van der Waals surface area contributed by atoms with Gasteiger partial charge in [0.1, 0.15) is 11.1 Å². The first-order valence-corrected chi connectivity index (χ1v) is 17.0. The maximum absolute atomic E-state index is 12.6. The fourth-order valence-electron chi connectivity index (χ4n) is 6.11. The van der Waals surface area contributed by atoms with Gasteiger partial charge in [-0.15, -0.1) is 20.5 Å². The molecule has 282 valence electrons. The summed E-state index contributed by atoms with van der Waals surface area (Å²) in [4.78, 5) is 37.6. The summed E-state index contributed by atoms with van der Waals surface area (Å²) in [7, 11) is 2.52. The van der Waals surface area contributed by atoms with Gasteiger partial charge in [-0.05, 0) is 38.8 Å². The van der Waals surface area contributed by atoms with Gasteiger partial charge in [0.25, 0.3) is 11.9 Å². The Morgan fingerprint density at radius 2 is 1.25 bits per heavy atom. The summed E-state index contributed by atoms with van der Waals surface area (Å²) in [5, 5.41) is 45.6. The van der Waals surface area contributed by atoms with Crippen molar-refractivity contribution in [3.8, 4) is 23.6 Å². The van der Waals surface area contributed by atoms with Crippen molar-refractivity contribution >= 4 is 46.6 Å². The molecule has 1 saturated carbocycles. The van der Waals surface area contributed by atoms with Crippen molar-refractivity contribution in [2.75, 3.05) is 25.7 Å². The normalized spacial score (nSPS) is 13.6. The highest BCUT2D eigenvalue weighted by Gasteiger charge is 2.26. The average Bonchev–Trinajstić information content (AvgIpc) is 3.96. The van der Waals surface area contributed by atoms with Crippen LogP contribution in [-0.4, -0.2) is 85.3 Å². The van der Waals surface area contributed by atoms with E-state index in [1.54, 1.807) is 42.8 Å². The molecule has 55 heavy (non-hydrogen) atoms. The fourth-order valence-corrected chi connectivity index (χ4v) is 6.11. The molecule has 5 heterocycles. The minimum Gasteiger partial charge on any atom is -0.479 e. The molecule has 5 N–H and O–H groups in total. The van der Waals surface area contributed by atoms with Crippen LogP contribution in [0.5, 0.6) is 6.01 Å². The first kappa shape index (κ1) is 36.0. The Hall–Kier alpha value is -7.39. The van der Waals surface area contributed by atoms with Crippen LogP contribution < -0.4 is 11.5 Å². The lowest BCUT2D eigenvalue weighted by atomic mass is 9.96. The van der Waals surface area contributed by atoms with E-state index in [1.165, 1.54) is 31.3 Å². The zero-order valence-corrected chi connectivity index (χ0v) is 30.1. The van der Waals surface area contributed by atoms with E-state index in [-0.39, 0.29) is 63.7 Å². The van der Waals surface area contributed by atoms with E-state index in [4.69, 9.17) is 20.9 Å². The molecule has 1 aliphatic rings. The lowest BCUT2D eigenvalue weighted by Gasteiger charge is -2.22. The van der Waals surface area contributed by atoms with E-state index >= 15 is 0 Å². The third-order valence-electron chi connectivity index (χ3n) is 8.84. The van der Waals surface area contributed by atoms with Gasteiger partial charge in [-0.25, -0.2) is 19.0 Å². The molecule has 1 fully saturated rings. The topological polar surface area (TPSA) is 284 Å². The van der Waals surface area contributed by atoms with E-state index in [0.717, 1.165) is 41.5 Å². The molecule has 0 atom stereocenters. The molecule has 7 rings (SSSR count). The molecule has 22 heteroatoms. The van der Waals surface area contributed by atoms with Crippen molar-refractivity contribution in [3.63, 3.8) is 0 Å². The number of carbonyl (C=O) groups is 2. The highest BCUT2D eigenvalue weighted by molar-refractivity contribution is 5.94. The van der Waals surface area contributed by atoms with Crippen LogP contribution >= 0.6 is 0 Å². The van der Waals surface area contributed by atoms with Crippen molar-refractivity contribution in [2.24, 2.45) is 20.5 Å². The minimum absolute atomic E-state index is 0.0308. The van der Waals surface area contributed by atoms with Crippen LogP contribution in [0.4, 0.5) is 34.6 Å². The predicted molar refractivity (Wildman–Crippen MR) is 193 cm³/mol. The molecule has 0 radical (unpaired) electrons. The molecular formula is C33H35N17O5. The smallest absolute Gasteiger partial charge is 0.343 e. The molecule has 0 amide bonds. The molecule has 6 aromatic rings. The summed E-state index contributed by atoms with van der Waals surface area (Å²) >= 11 is 0. The second kappa shape index (κ2) is 14.9. The largest absolute Gasteiger partial charge is 0.479 e. The van der Waals surface area contributed by atoms with Gasteiger partial charge >= 0.3 is 17.9 Å². The lowest BCUT2D eigenvalue weighted by molar-refractivity contribution is 0.0592. The van der Waals surface area contributed by atoms with E-state index in [2.05, 4.69) is 55.8 Å². The van der Waals surface area contributed by atoms with Gasteiger partial charge in [-0.3, -0.25) is 0 Å². The number of hydrogen-bond acceptors (Lipinski definition) is 18. The Kier molecular flexibility index (Phi) is 9.76. The van der Waals surface area contributed by atoms with Crippen LogP contribution in [0.1, 0.15) is 70.2 Å². The molecule has 1 aliphatic carbocycles. The monoisotopic (exact) mass is 749 g/mol. The van der Waals surface area contributed by atoms with Gasteiger partial charge in [0, 0.05) is 0 Å². The average molecular weight is 750 g/mol. The third kappa shape index (κ3) is 6.82. The van der Waals surface area contributed by atoms with Gasteiger partial charge in [-0.1, -0.05) is 37.5 Å². The number of anilines is 2. The first-order chi connectivity index (χ1) is 26.6. The minimum atomic E-state index is -0.694. The number of nitrogen functional groups attached to an aromatic ring is 2. The van der Waals surface area contributed by atoms with Crippen LogP contribution in [-0.2, 0) is 9.47 Å². The van der Waals surface area contributed by atoms with Crippen LogP contribution in [0, 0.1) is 13.8 Å². The maximum Gasteiger partial charge on any atom is 0.343 e. The van der Waals surface area contributed by atoms with Crippen molar-refractivity contribution in [1.82, 2.24) is 54.1 Å². The maximum atomic E-state index is 12.6. The quantitative estimate of drug-likeness (QED) is 0.122. The molecule has 0 aliphatic heterocycles. The van der Waals surface area contributed by atoms with Gasteiger partial charge in [-0.2, -0.15) is 44.7 Å². The molecule has 0 unspecified atom stereocenters. The Labute approximate surface area is 311 Å². The van der Waals surface area contributed by atoms with E-state index in [1.807, 2.05) is 6.07 Å². The highest BCUT2D eigenvalue weighted by Crippen LogP contribution is 2.36. The SMILES string of the molecule is COC(=O)c1cnn(-c2ccccc2)c1/N=N/c1c(C)nn(-c2nc(O)nc(-n3nc(C)c(/N=N/c4c(C(=O)OC)cnn4C4CCCCC4)c3N)n2)c1N. The van der Waals surface area contributed by atoms with Gasteiger partial charge in [0.2, 0.25) is 0 Å². The number of carbonyl (C=O) groups excluding carboxylic acids is 2. The number of methoxy groups -OCH3 is 2. The Bertz CT molecular complexity index is 2450. The molecule has 1 aromatic carbocycles. The Morgan fingerprint density at radius 1 is 0.727 bits per heavy atom. The van der Waals surface area contributed by atoms with Gasteiger partial charge < -0.3 is 26.0 Å². The van der Waals surface area contributed by atoms with E-state index in [0.29, 0.717) is 17.1 Å². The highest BCUT2D eigenvalue weighted by atomic mass is 16.5. The Balaban J connectivity index is 1.22. The number of aromatic nitrogens is 11. The number of ether oxygens (including phenoxy) is 2. The van der Waals surface area contributed by atoms with E-state index < -0.39 is 17.9 Å². The Morgan fingerprint density at radius 3 is 1.82 bits per heavy atom. The van der Waals surface area contributed by atoms with Crippen molar-refractivity contribution in [2.45, 2.75) is 52.0 Å². The van der Waals surface area contributed by atoms with Crippen LogP contribution in [0.2, 0.25) is 0 Å². The molecule has 22 nitrogen and oxygen atoms in total. The molecule has 5 aromatic heterocycles. The number of nitrogens with zero attached hydrogens (tertiary/aromatic N) is 15. The number of hydrogen-bond donors (Lipinski definition) is 3.